The summed E-state index contributed by atoms with van der Waals surface area (Å²) in [5, 5.41) is 12.1. The molecule has 0 bridgehead atoms. The minimum Gasteiger partial charge on any atom is -0.494 e. The lowest BCUT2D eigenvalue weighted by Crippen LogP contribution is -2.13. The molecule has 0 radical (unpaired) electrons. The molecule has 0 unspecified atom stereocenters. The van der Waals surface area contributed by atoms with E-state index in [-0.39, 0.29) is 18.0 Å². The van der Waals surface area contributed by atoms with Crippen molar-refractivity contribution in [2.45, 2.75) is 13.5 Å². The number of halogens is 2. The molecule has 0 heterocycles. The molecule has 3 rings (SSSR count). The largest absolute Gasteiger partial charge is 0.494 e. The number of rotatable bonds is 8. The molecule has 1 amide bonds. The Bertz CT molecular complexity index is 1170. The van der Waals surface area contributed by atoms with Gasteiger partial charge >= 0.3 is 0 Å². The van der Waals surface area contributed by atoms with Gasteiger partial charge in [-0.3, -0.25) is 4.79 Å². The SMILES string of the molecule is CCOc1ccc(NC(=O)/C(C#N)=C\c2ccc(OCc3ccccc3F)c(Br)c2)cc1. The zero-order chi connectivity index (χ0) is 22.9. The first-order valence-corrected chi connectivity index (χ1v) is 10.6. The summed E-state index contributed by atoms with van der Waals surface area (Å²) < 4.78 is 25.4. The maximum Gasteiger partial charge on any atom is 0.266 e. The summed E-state index contributed by atoms with van der Waals surface area (Å²) in [6.07, 6.45) is 1.48. The summed E-state index contributed by atoms with van der Waals surface area (Å²) in [4.78, 5) is 12.5. The van der Waals surface area contributed by atoms with E-state index < -0.39 is 5.91 Å². The molecule has 0 aliphatic heterocycles. The second-order valence-corrected chi connectivity index (χ2v) is 7.51. The van der Waals surface area contributed by atoms with E-state index in [4.69, 9.17) is 9.47 Å². The Morgan fingerprint density at radius 2 is 1.88 bits per heavy atom. The van der Waals surface area contributed by atoms with Crippen molar-refractivity contribution in [3.05, 3.63) is 93.7 Å². The Labute approximate surface area is 194 Å². The van der Waals surface area contributed by atoms with Crippen LogP contribution in [0.15, 0.2) is 76.8 Å². The molecular formula is C25H20BrFN2O3. The summed E-state index contributed by atoms with van der Waals surface area (Å²) in [5.74, 6) is 0.361. The molecule has 0 aliphatic carbocycles. The van der Waals surface area contributed by atoms with Crippen LogP contribution in [0.3, 0.4) is 0 Å². The fourth-order valence-electron chi connectivity index (χ4n) is 2.81. The zero-order valence-corrected chi connectivity index (χ0v) is 18.9. The predicted molar refractivity (Wildman–Crippen MR) is 125 cm³/mol. The van der Waals surface area contributed by atoms with Gasteiger partial charge in [0.05, 0.1) is 11.1 Å². The summed E-state index contributed by atoms with van der Waals surface area (Å²) in [7, 11) is 0. The van der Waals surface area contributed by atoms with Gasteiger partial charge in [-0.25, -0.2) is 4.39 Å². The molecule has 32 heavy (non-hydrogen) atoms. The first-order valence-electron chi connectivity index (χ1n) is 9.82. The van der Waals surface area contributed by atoms with E-state index in [1.54, 1.807) is 60.7 Å². The van der Waals surface area contributed by atoms with Crippen LogP contribution < -0.4 is 14.8 Å². The molecule has 0 spiro atoms. The highest BCUT2D eigenvalue weighted by atomic mass is 79.9. The first kappa shape index (κ1) is 23.0. The molecule has 3 aromatic carbocycles. The van der Waals surface area contributed by atoms with Crippen LogP contribution in [-0.4, -0.2) is 12.5 Å². The Morgan fingerprint density at radius 3 is 2.53 bits per heavy atom. The number of ether oxygens (including phenoxy) is 2. The summed E-state index contributed by atoms with van der Waals surface area (Å²) in [6.45, 7) is 2.52. The number of carbonyl (C=O) groups excluding carboxylic acids is 1. The van der Waals surface area contributed by atoms with Gasteiger partial charge in [0.2, 0.25) is 0 Å². The standard InChI is InChI=1S/C25H20BrFN2O3/c1-2-31-21-10-8-20(9-11-21)29-25(30)19(15-28)13-17-7-12-24(22(26)14-17)32-16-18-5-3-4-6-23(18)27/h3-14H,2,16H2,1H3,(H,29,30)/b19-13-. The lowest BCUT2D eigenvalue weighted by Gasteiger charge is -2.10. The van der Waals surface area contributed by atoms with Gasteiger partial charge in [-0.1, -0.05) is 24.3 Å². The van der Waals surface area contributed by atoms with Crippen LogP contribution in [0.2, 0.25) is 0 Å². The lowest BCUT2D eigenvalue weighted by atomic mass is 10.1. The second-order valence-electron chi connectivity index (χ2n) is 6.65. The van der Waals surface area contributed by atoms with Gasteiger partial charge in [0.1, 0.15) is 35.6 Å². The molecular weight excluding hydrogens is 475 g/mol. The summed E-state index contributed by atoms with van der Waals surface area (Å²) >= 11 is 3.42. The van der Waals surface area contributed by atoms with Crippen molar-refractivity contribution in [2.75, 3.05) is 11.9 Å². The molecule has 0 atom stereocenters. The number of nitrogens with one attached hydrogen (secondary N) is 1. The predicted octanol–water partition coefficient (Wildman–Crippen LogP) is 6.11. The number of hydrogen-bond acceptors (Lipinski definition) is 4. The maximum atomic E-state index is 13.8. The summed E-state index contributed by atoms with van der Waals surface area (Å²) in [6, 6.07) is 20.3. The average molecular weight is 495 g/mol. The monoisotopic (exact) mass is 494 g/mol. The highest BCUT2D eigenvalue weighted by Gasteiger charge is 2.11. The van der Waals surface area contributed by atoms with Gasteiger partial charge in [-0.2, -0.15) is 5.26 Å². The van der Waals surface area contributed by atoms with Crippen molar-refractivity contribution in [3.8, 4) is 17.6 Å². The smallest absolute Gasteiger partial charge is 0.266 e. The van der Waals surface area contributed by atoms with Gasteiger partial charge in [-0.05, 0) is 77.0 Å². The Balaban J connectivity index is 1.68. The minimum atomic E-state index is -0.521. The van der Waals surface area contributed by atoms with E-state index in [1.165, 1.54) is 12.1 Å². The molecule has 1 N–H and O–H groups in total. The Hall–Kier alpha value is -3.63. The average Bonchev–Trinajstić information content (AvgIpc) is 2.79. The number of carbonyl (C=O) groups is 1. The van der Waals surface area contributed by atoms with Crippen molar-refractivity contribution in [2.24, 2.45) is 0 Å². The molecule has 0 fully saturated rings. The van der Waals surface area contributed by atoms with Gasteiger partial charge < -0.3 is 14.8 Å². The normalized spacial score (nSPS) is 10.9. The van der Waals surface area contributed by atoms with E-state index >= 15 is 0 Å². The lowest BCUT2D eigenvalue weighted by molar-refractivity contribution is -0.112. The van der Waals surface area contributed by atoms with Crippen molar-refractivity contribution in [3.63, 3.8) is 0 Å². The van der Waals surface area contributed by atoms with Crippen LogP contribution >= 0.6 is 15.9 Å². The third kappa shape index (κ3) is 6.19. The van der Waals surface area contributed by atoms with Crippen LogP contribution in [0.5, 0.6) is 11.5 Å². The van der Waals surface area contributed by atoms with Gasteiger partial charge in [0, 0.05) is 11.3 Å². The highest BCUT2D eigenvalue weighted by molar-refractivity contribution is 9.10. The van der Waals surface area contributed by atoms with E-state index in [1.807, 2.05) is 13.0 Å². The fraction of sp³-hybridized carbons (Fsp3) is 0.120. The molecule has 0 aromatic heterocycles. The number of hydrogen-bond donors (Lipinski definition) is 1. The maximum absolute atomic E-state index is 13.8. The van der Waals surface area contributed by atoms with Gasteiger partial charge in [-0.15, -0.1) is 0 Å². The fourth-order valence-corrected chi connectivity index (χ4v) is 3.32. The van der Waals surface area contributed by atoms with Crippen LogP contribution in [0, 0.1) is 17.1 Å². The van der Waals surface area contributed by atoms with Crippen LogP contribution in [0.25, 0.3) is 6.08 Å². The number of nitriles is 1. The van der Waals surface area contributed by atoms with Crippen molar-refractivity contribution in [1.82, 2.24) is 0 Å². The minimum absolute atomic E-state index is 0.0502. The topological polar surface area (TPSA) is 71.3 Å². The summed E-state index contributed by atoms with van der Waals surface area (Å²) in [5.41, 5.74) is 1.58. The van der Waals surface area contributed by atoms with Crippen molar-refractivity contribution in [1.29, 1.82) is 5.26 Å². The Kier molecular flexibility index (Phi) is 8.01. The molecule has 5 nitrogen and oxygen atoms in total. The molecule has 3 aromatic rings. The van der Waals surface area contributed by atoms with Crippen LogP contribution in [0.1, 0.15) is 18.1 Å². The second kappa shape index (κ2) is 11.1. The van der Waals surface area contributed by atoms with Crippen LogP contribution in [0.4, 0.5) is 10.1 Å². The quantitative estimate of drug-likeness (QED) is 0.302. The number of amides is 1. The Morgan fingerprint density at radius 1 is 1.12 bits per heavy atom. The van der Waals surface area contributed by atoms with E-state index in [9.17, 15) is 14.4 Å². The molecule has 162 valence electrons. The molecule has 7 heteroatoms. The van der Waals surface area contributed by atoms with Gasteiger partial charge in [0.25, 0.3) is 5.91 Å². The molecule has 0 saturated carbocycles. The zero-order valence-electron chi connectivity index (χ0n) is 17.3. The molecule has 0 saturated heterocycles. The van der Waals surface area contributed by atoms with E-state index in [0.717, 1.165) is 0 Å². The van der Waals surface area contributed by atoms with E-state index in [0.29, 0.717) is 39.4 Å². The first-order chi connectivity index (χ1) is 15.5. The van der Waals surface area contributed by atoms with Gasteiger partial charge in [0.15, 0.2) is 0 Å². The number of anilines is 1. The van der Waals surface area contributed by atoms with Crippen molar-refractivity contribution < 1.29 is 18.7 Å². The number of benzene rings is 3. The number of nitrogens with zero attached hydrogens (tertiary/aromatic N) is 1. The van der Waals surface area contributed by atoms with Crippen LogP contribution in [-0.2, 0) is 11.4 Å². The molecule has 0 aliphatic rings. The third-order valence-corrected chi connectivity index (χ3v) is 5.02. The third-order valence-electron chi connectivity index (χ3n) is 4.40. The van der Waals surface area contributed by atoms with Crippen molar-refractivity contribution >= 4 is 33.6 Å². The van der Waals surface area contributed by atoms with E-state index in [2.05, 4.69) is 21.2 Å². The highest BCUT2D eigenvalue weighted by Crippen LogP contribution is 2.28.